The molecule has 3 rings (SSSR count). The van der Waals surface area contributed by atoms with Crippen molar-refractivity contribution in [2.24, 2.45) is 0 Å². The van der Waals surface area contributed by atoms with Gasteiger partial charge in [-0.25, -0.2) is 0 Å². The SMILES string of the molecule is CCc1cc(C)cc(OCCOc2c(I)cc(/C=C(/C#N)C(=O)Nc3nnc(CC)s3)cc2OC)c1. The van der Waals surface area contributed by atoms with Crippen LogP contribution in [-0.2, 0) is 17.6 Å². The number of hydrogen-bond donors (Lipinski definition) is 1. The number of nitrogens with one attached hydrogen (secondary N) is 1. The smallest absolute Gasteiger partial charge is 0.268 e. The third kappa shape index (κ3) is 7.41. The zero-order chi connectivity index (χ0) is 26.1. The molecule has 2 aromatic carbocycles. The molecule has 8 nitrogen and oxygen atoms in total. The van der Waals surface area contributed by atoms with Gasteiger partial charge >= 0.3 is 0 Å². The molecule has 0 aliphatic carbocycles. The molecule has 1 amide bonds. The van der Waals surface area contributed by atoms with Gasteiger partial charge in [-0.15, -0.1) is 10.2 Å². The van der Waals surface area contributed by atoms with E-state index in [-0.39, 0.29) is 5.57 Å². The maximum atomic E-state index is 12.6. The standard InChI is InChI=1S/C26H27IN4O4S/c1-5-17-9-16(3)10-20(12-17)34-7-8-35-24-21(27)13-18(14-22(24)33-4)11-19(15-28)25(32)29-26-31-30-23(6-2)36-26/h9-14H,5-8H2,1-4H3,(H,29,31,32)/b19-11-. The largest absolute Gasteiger partial charge is 0.493 e. The van der Waals surface area contributed by atoms with Gasteiger partial charge in [0.05, 0.1) is 10.7 Å². The van der Waals surface area contributed by atoms with E-state index in [1.165, 1.54) is 23.0 Å². The summed E-state index contributed by atoms with van der Waals surface area (Å²) < 4.78 is 18.1. The average molecular weight is 618 g/mol. The van der Waals surface area contributed by atoms with Gasteiger partial charge in [-0.1, -0.05) is 31.3 Å². The third-order valence-corrected chi connectivity index (χ3v) is 6.82. The number of aryl methyl sites for hydroxylation is 3. The highest BCUT2D eigenvalue weighted by Crippen LogP contribution is 2.34. The van der Waals surface area contributed by atoms with E-state index in [0.29, 0.717) is 35.4 Å². The predicted octanol–water partition coefficient (Wildman–Crippen LogP) is 5.59. The van der Waals surface area contributed by atoms with Crippen molar-refractivity contribution >= 4 is 51.0 Å². The van der Waals surface area contributed by atoms with E-state index in [9.17, 15) is 10.1 Å². The molecular weight excluding hydrogens is 591 g/mol. The normalized spacial score (nSPS) is 11.1. The van der Waals surface area contributed by atoms with E-state index in [1.807, 2.05) is 38.1 Å². The molecule has 0 bridgehead atoms. The molecule has 0 radical (unpaired) electrons. The minimum atomic E-state index is -0.551. The van der Waals surface area contributed by atoms with Crippen LogP contribution in [0.4, 0.5) is 5.13 Å². The molecule has 0 fully saturated rings. The molecule has 1 aromatic heterocycles. The summed E-state index contributed by atoms with van der Waals surface area (Å²) >= 11 is 3.42. The Labute approximate surface area is 228 Å². The number of carbonyl (C=O) groups is 1. The summed E-state index contributed by atoms with van der Waals surface area (Å²) in [6, 6.07) is 11.7. The highest BCUT2D eigenvalue weighted by Gasteiger charge is 2.15. The van der Waals surface area contributed by atoms with Crippen molar-refractivity contribution in [3.8, 4) is 23.3 Å². The molecule has 36 heavy (non-hydrogen) atoms. The molecule has 0 aliphatic rings. The molecule has 3 aromatic rings. The molecule has 1 N–H and O–H groups in total. The Morgan fingerprint density at radius 2 is 1.92 bits per heavy atom. The summed E-state index contributed by atoms with van der Waals surface area (Å²) in [6.45, 7) is 6.81. The zero-order valence-corrected chi connectivity index (χ0v) is 23.5. The number of halogens is 1. The number of nitrogens with zero attached hydrogens (tertiary/aromatic N) is 3. The maximum absolute atomic E-state index is 12.6. The first-order chi connectivity index (χ1) is 17.4. The van der Waals surface area contributed by atoms with Gasteiger partial charge in [0.25, 0.3) is 5.91 Å². The zero-order valence-electron chi connectivity index (χ0n) is 20.6. The van der Waals surface area contributed by atoms with Crippen LogP contribution in [0.5, 0.6) is 17.2 Å². The van der Waals surface area contributed by atoms with Gasteiger partial charge in [0.1, 0.15) is 35.6 Å². The first-order valence-electron chi connectivity index (χ1n) is 11.4. The second kappa shape index (κ2) is 13.2. The number of hydrogen-bond acceptors (Lipinski definition) is 8. The number of rotatable bonds is 11. The van der Waals surface area contributed by atoms with Crippen LogP contribution in [0.15, 0.2) is 35.9 Å². The van der Waals surface area contributed by atoms with E-state index < -0.39 is 5.91 Å². The number of ether oxygens (including phenoxy) is 3. The minimum Gasteiger partial charge on any atom is -0.493 e. The van der Waals surface area contributed by atoms with E-state index in [2.05, 4.69) is 51.1 Å². The van der Waals surface area contributed by atoms with Gasteiger partial charge in [-0.3, -0.25) is 10.1 Å². The third-order valence-electron chi connectivity index (χ3n) is 5.03. The lowest BCUT2D eigenvalue weighted by Crippen LogP contribution is -2.13. The Balaban J connectivity index is 1.68. The van der Waals surface area contributed by atoms with E-state index >= 15 is 0 Å². The predicted molar refractivity (Wildman–Crippen MR) is 149 cm³/mol. The lowest BCUT2D eigenvalue weighted by molar-refractivity contribution is -0.112. The summed E-state index contributed by atoms with van der Waals surface area (Å²) in [7, 11) is 1.54. The van der Waals surface area contributed by atoms with E-state index in [0.717, 1.165) is 32.7 Å². The Hall–Kier alpha value is -3.17. The lowest BCUT2D eigenvalue weighted by atomic mass is 10.1. The molecular formula is C26H27IN4O4S. The van der Waals surface area contributed by atoms with Crippen molar-refractivity contribution in [2.45, 2.75) is 33.6 Å². The van der Waals surface area contributed by atoms with Crippen LogP contribution < -0.4 is 19.5 Å². The number of nitriles is 1. The van der Waals surface area contributed by atoms with Crippen LogP contribution in [0.25, 0.3) is 6.08 Å². The fourth-order valence-electron chi connectivity index (χ4n) is 3.31. The Bertz CT molecular complexity index is 1300. The van der Waals surface area contributed by atoms with Gasteiger partial charge < -0.3 is 14.2 Å². The van der Waals surface area contributed by atoms with E-state index in [1.54, 1.807) is 13.2 Å². The number of benzene rings is 2. The summed E-state index contributed by atoms with van der Waals surface area (Å²) in [5, 5.41) is 21.2. The summed E-state index contributed by atoms with van der Waals surface area (Å²) in [6.07, 6.45) is 3.17. The highest BCUT2D eigenvalue weighted by atomic mass is 127. The van der Waals surface area contributed by atoms with Crippen molar-refractivity contribution in [3.05, 3.63) is 61.2 Å². The Morgan fingerprint density at radius 1 is 1.14 bits per heavy atom. The van der Waals surface area contributed by atoms with Crippen LogP contribution >= 0.6 is 33.9 Å². The minimum absolute atomic E-state index is 0.0622. The van der Waals surface area contributed by atoms with Crippen LogP contribution in [0.3, 0.4) is 0 Å². The number of aromatic nitrogens is 2. The summed E-state index contributed by atoms with van der Waals surface area (Å²) in [5.41, 5.74) is 2.95. The first kappa shape index (κ1) is 27.4. The fraction of sp³-hybridized carbons (Fsp3) is 0.308. The van der Waals surface area contributed by atoms with Crippen LogP contribution in [0, 0.1) is 21.8 Å². The van der Waals surface area contributed by atoms with Crippen molar-refractivity contribution < 1.29 is 19.0 Å². The molecule has 0 unspecified atom stereocenters. The highest BCUT2D eigenvalue weighted by molar-refractivity contribution is 14.1. The summed E-state index contributed by atoms with van der Waals surface area (Å²) in [5.74, 6) is 1.33. The van der Waals surface area contributed by atoms with Crippen LogP contribution in [-0.4, -0.2) is 36.4 Å². The van der Waals surface area contributed by atoms with Gasteiger partial charge in [0, 0.05) is 0 Å². The fourth-order valence-corrected chi connectivity index (χ4v) is 4.76. The maximum Gasteiger partial charge on any atom is 0.268 e. The molecule has 188 valence electrons. The quantitative estimate of drug-likeness (QED) is 0.129. The average Bonchev–Trinajstić information content (AvgIpc) is 3.32. The number of amides is 1. The van der Waals surface area contributed by atoms with E-state index in [4.69, 9.17) is 14.2 Å². The van der Waals surface area contributed by atoms with Crippen LogP contribution in [0.1, 0.15) is 35.5 Å². The monoisotopic (exact) mass is 618 g/mol. The van der Waals surface area contributed by atoms with Gasteiger partial charge in [-0.2, -0.15) is 5.26 Å². The van der Waals surface area contributed by atoms with Gasteiger partial charge in [0.15, 0.2) is 11.5 Å². The Morgan fingerprint density at radius 3 is 2.58 bits per heavy atom. The number of carbonyl (C=O) groups excluding carboxylic acids is 1. The molecule has 1 heterocycles. The molecule has 0 spiro atoms. The van der Waals surface area contributed by atoms with Gasteiger partial charge in [-0.05, 0) is 89.4 Å². The molecule has 0 saturated heterocycles. The second-order valence-electron chi connectivity index (χ2n) is 7.72. The molecule has 0 aliphatic heterocycles. The second-order valence-corrected chi connectivity index (χ2v) is 9.94. The van der Waals surface area contributed by atoms with Gasteiger partial charge in [0.2, 0.25) is 5.13 Å². The van der Waals surface area contributed by atoms with Crippen molar-refractivity contribution in [3.63, 3.8) is 0 Å². The molecule has 10 heteroatoms. The van der Waals surface area contributed by atoms with Crippen molar-refractivity contribution in [1.82, 2.24) is 10.2 Å². The number of methoxy groups -OCH3 is 1. The lowest BCUT2D eigenvalue weighted by Gasteiger charge is -2.14. The molecule has 0 atom stereocenters. The number of anilines is 1. The topological polar surface area (TPSA) is 106 Å². The Kier molecular flexibility index (Phi) is 10.1. The van der Waals surface area contributed by atoms with Crippen molar-refractivity contribution in [2.75, 3.05) is 25.6 Å². The summed E-state index contributed by atoms with van der Waals surface area (Å²) in [4.78, 5) is 12.6. The first-order valence-corrected chi connectivity index (χ1v) is 13.3. The van der Waals surface area contributed by atoms with Crippen molar-refractivity contribution in [1.29, 1.82) is 5.26 Å². The van der Waals surface area contributed by atoms with Crippen LogP contribution in [0.2, 0.25) is 0 Å². The molecule has 0 saturated carbocycles.